The van der Waals surface area contributed by atoms with Crippen LogP contribution < -0.4 is 5.32 Å². The van der Waals surface area contributed by atoms with Crippen LogP contribution in [0.15, 0.2) is 0 Å². The largest absolute Gasteiger partial charge is 0.480 e. The lowest BCUT2D eigenvalue weighted by molar-refractivity contribution is -0.140. The molecule has 1 rings (SSSR count). The number of hydrogen-bond donors (Lipinski definition) is 2. The highest BCUT2D eigenvalue weighted by molar-refractivity contribution is 5.73. The molecule has 9 heavy (non-hydrogen) atoms. The minimum Gasteiger partial charge on any atom is -0.480 e. The molecule has 1 saturated heterocycles. The molecule has 0 aromatic heterocycles. The third-order valence-electron chi connectivity index (χ3n) is 1.61. The molecule has 0 bridgehead atoms. The van der Waals surface area contributed by atoms with E-state index in [-0.39, 0.29) is 6.04 Å². The van der Waals surface area contributed by atoms with Gasteiger partial charge < -0.3 is 10.4 Å². The van der Waals surface area contributed by atoms with Gasteiger partial charge in [0.2, 0.25) is 0 Å². The van der Waals surface area contributed by atoms with Gasteiger partial charge in [0.15, 0.2) is 0 Å². The smallest absolute Gasteiger partial charge is 0.320 e. The van der Waals surface area contributed by atoms with Crippen molar-refractivity contribution in [1.82, 2.24) is 5.32 Å². The number of aliphatic carboxylic acids is 1. The predicted molar refractivity (Wildman–Crippen MR) is 33.3 cm³/mol. The summed E-state index contributed by atoms with van der Waals surface area (Å²) in [7, 11) is 0. The van der Waals surface area contributed by atoms with Gasteiger partial charge in [-0.25, -0.2) is 0 Å². The van der Waals surface area contributed by atoms with Gasteiger partial charge in [-0.2, -0.15) is 0 Å². The summed E-state index contributed by atoms with van der Waals surface area (Å²) in [6.45, 7) is 0.858. The molecule has 3 nitrogen and oxygen atoms in total. The quantitative estimate of drug-likeness (QED) is 0.535. The Bertz CT molecular complexity index is 108. The second-order valence-corrected chi connectivity index (χ2v) is 2.34. The van der Waals surface area contributed by atoms with E-state index < -0.39 is 5.97 Å². The normalized spacial score (nSPS) is 27.8. The third kappa shape index (κ3) is 1.68. The minimum absolute atomic E-state index is 0.279. The van der Waals surface area contributed by atoms with E-state index in [0.29, 0.717) is 0 Å². The van der Waals surface area contributed by atoms with Crippen LogP contribution >= 0.6 is 0 Å². The Hall–Kier alpha value is -0.570. The van der Waals surface area contributed by atoms with Gasteiger partial charge in [-0.05, 0) is 19.4 Å². The summed E-state index contributed by atoms with van der Waals surface area (Å²) in [5.41, 5.74) is 0. The highest BCUT2D eigenvalue weighted by Crippen LogP contribution is 2.05. The average molecular weight is 131 g/mol. The van der Waals surface area contributed by atoms with Crippen molar-refractivity contribution in [3.8, 4) is 0 Å². The molecule has 0 aromatic rings. The van der Waals surface area contributed by atoms with Crippen molar-refractivity contribution in [2.75, 3.05) is 6.54 Å². The van der Waals surface area contributed by atoms with Crippen LogP contribution in [0.1, 0.15) is 19.3 Å². The van der Waals surface area contributed by atoms with Gasteiger partial charge in [-0.3, -0.25) is 4.79 Å². The topological polar surface area (TPSA) is 49.3 Å². The monoisotopic (exact) mass is 131 g/mol. The van der Waals surface area contributed by atoms with Crippen LogP contribution in [-0.2, 0) is 4.79 Å². The fourth-order valence-corrected chi connectivity index (χ4v) is 1.06. The van der Waals surface area contributed by atoms with Gasteiger partial charge >= 0.3 is 5.97 Å². The van der Waals surface area contributed by atoms with E-state index in [2.05, 4.69) is 5.32 Å². The van der Waals surface area contributed by atoms with E-state index in [0.717, 1.165) is 25.8 Å². The molecule has 1 aliphatic rings. The first kappa shape index (κ1) is 6.55. The van der Waals surface area contributed by atoms with Crippen molar-refractivity contribution in [2.24, 2.45) is 0 Å². The SMILES string of the molecule is O=[14C](O)[C@H]1CCCCN1. The van der Waals surface area contributed by atoms with E-state index in [1.165, 1.54) is 0 Å². The molecule has 1 aliphatic heterocycles. The molecule has 0 unspecified atom stereocenters. The van der Waals surface area contributed by atoms with Gasteiger partial charge in [0.25, 0.3) is 0 Å². The number of carbonyl (C=O) groups is 1. The maximum Gasteiger partial charge on any atom is 0.320 e. The summed E-state index contributed by atoms with van der Waals surface area (Å²) < 4.78 is 0. The van der Waals surface area contributed by atoms with Crippen LogP contribution in [0.5, 0.6) is 0 Å². The molecule has 0 aromatic carbocycles. The Morgan fingerprint density at radius 2 is 2.33 bits per heavy atom. The second kappa shape index (κ2) is 2.82. The number of carboxylic acids is 1. The number of rotatable bonds is 1. The van der Waals surface area contributed by atoms with Crippen molar-refractivity contribution in [2.45, 2.75) is 25.3 Å². The zero-order chi connectivity index (χ0) is 6.69. The summed E-state index contributed by atoms with van der Waals surface area (Å²) in [5, 5.41) is 11.4. The fraction of sp³-hybridized carbons (Fsp3) is 0.833. The van der Waals surface area contributed by atoms with Gasteiger partial charge in [-0.15, -0.1) is 0 Å². The van der Waals surface area contributed by atoms with E-state index >= 15 is 0 Å². The summed E-state index contributed by atoms with van der Waals surface area (Å²) in [5.74, 6) is -0.713. The lowest BCUT2D eigenvalue weighted by Gasteiger charge is -2.18. The van der Waals surface area contributed by atoms with Crippen LogP contribution in [0.4, 0.5) is 0 Å². The van der Waals surface area contributed by atoms with Gasteiger partial charge in [0, 0.05) is 0 Å². The van der Waals surface area contributed by atoms with E-state index in [9.17, 15) is 4.79 Å². The molecule has 1 fully saturated rings. The Morgan fingerprint density at radius 1 is 1.56 bits per heavy atom. The fourth-order valence-electron chi connectivity index (χ4n) is 1.06. The van der Waals surface area contributed by atoms with Crippen LogP contribution in [-0.4, -0.2) is 23.7 Å². The average Bonchev–Trinajstić information content (AvgIpc) is 1.90. The molecule has 0 saturated carbocycles. The lowest BCUT2D eigenvalue weighted by Crippen LogP contribution is -2.40. The van der Waals surface area contributed by atoms with Gasteiger partial charge in [-0.1, -0.05) is 6.42 Å². The second-order valence-electron chi connectivity index (χ2n) is 2.34. The maximum atomic E-state index is 10.3. The highest BCUT2D eigenvalue weighted by atomic mass is 16.6. The highest BCUT2D eigenvalue weighted by Gasteiger charge is 2.18. The molecule has 0 amide bonds. The standard InChI is InChI=1S/C6H11NO2/c8-6(9)5-3-1-2-4-7-5/h5,7H,1-4H2,(H,8,9)/t5-/m1/s1/i6+2. The van der Waals surface area contributed by atoms with Crippen LogP contribution in [0.25, 0.3) is 0 Å². The van der Waals surface area contributed by atoms with Gasteiger partial charge in [0.05, 0.1) is 0 Å². The number of piperidine rings is 1. The van der Waals surface area contributed by atoms with Crippen molar-refractivity contribution >= 4 is 5.97 Å². The van der Waals surface area contributed by atoms with Crippen molar-refractivity contribution in [3.05, 3.63) is 0 Å². The molecule has 1 atom stereocenters. The van der Waals surface area contributed by atoms with Crippen LogP contribution in [0.2, 0.25) is 0 Å². The van der Waals surface area contributed by atoms with Crippen molar-refractivity contribution in [1.29, 1.82) is 0 Å². The number of hydrogen-bond acceptors (Lipinski definition) is 2. The summed E-state index contributed by atoms with van der Waals surface area (Å²) in [4.78, 5) is 10.3. The first-order valence-electron chi connectivity index (χ1n) is 3.27. The molecule has 2 N–H and O–H groups in total. The van der Waals surface area contributed by atoms with Crippen LogP contribution in [0.3, 0.4) is 0 Å². The lowest BCUT2D eigenvalue weighted by atomic mass is 10.1. The molecular formula is C6H11NO2. The molecule has 52 valence electrons. The first-order chi connectivity index (χ1) is 4.30. The molecule has 0 spiro atoms. The Kier molecular flexibility index (Phi) is 2.05. The van der Waals surface area contributed by atoms with Crippen molar-refractivity contribution < 1.29 is 9.90 Å². The Morgan fingerprint density at radius 3 is 2.67 bits per heavy atom. The molecular weight excluding hydrogens is 120 g/mol. The Labute approximate surface area is 54.1 Å². The van der Waals surface area contributed by atoms with Gasteiger partial charge in [0.1, 0.15) is 6.04 Å². The molecule has 1 heterocycles. The third-order valence-corrected chi connectivity index (χ3v) is 1.61. The number of nitrogens with one attached hydrogen (secondary N) is 1. The molecule has 0 aliphatic carbocycles. The number of carboxylic acid groups (broad SMARTS) is 1. The zero-order valence-electron chi connectivity index (χ0n) is 5.26. The molecule has 3 heteroatoms. The first-order valence-corrected chi connectivity index (χ1v) is 3.27. The van der Waals surface area contributed by atoms with Crippen molar-refractivity contribution in [3.63, 3.8) is 0 Å². The minimum atomic E-state index is -0.713. The van der Waals surface area contributed by atoms with E-state index in [1.54, 1.807) is 0 Å². The van der Waals surface area contributed by atoms with Crippen LogP contribution in [0, 0.1) is 0 Å². The van der Waals surface area contributed by atoms with E-state index in [1.807, 2.05) is 0 Å². The molecule has 0 radical (unpaired) electrons. The predicted octanol–water partition coefficient (Wildman–Crippen LogP) is 0.213. The van der Waals surface area contributed by atoms with E-state index in [4.69, 9.17) is 5.11 Å². The summed E-state index contributed by atoms with van der Waals surface area (Å²) in [6, 6.07) is -0.279. The zero-order valence-corrected chi connectivity index (χ0v) is 5.26. The summed E-state index contributed by atoms with van der Waals surface area (Å²) in [6.07, 6.45) is 2.95. The Balaban J connectivity index is 2.31. The summed E-state index contributed by atoms with van der Waals surface area (Å²) >= 11 is 0. The maximum absolute atomic E-state index is 10.3.